The van der Waals surface area contributed by atoms with Crippen LogP contribution in [0.2, 0.25) is 5.02 Å². The minimum absolute atomic E-state index is 0.178. The van der Waals surface area contributed by atoms with Crippen molar-refractivity contribution in [1.82, 2.24) is 14.9 Å². The van der Waals surface area contributed by atoms with Crippen molar-refractivity contribution in [2.75, 3.05) is 19.6 Å². The van der Waals surface area contributed by atoms with Crippen molar-refractivity contribution >= 4 is 39.4 Å². The second-order valence-electron chi connectivity index (χ2n) is 7.38. The number of halogens is 1. The van der Waals surface area contributed by atoms with Gasteiger partial charge in [-0.15, -0.1) is 0 Å². The molecule has 4 aromatic rings. The molecule has 6 nitrogen and oxygen atoms in total. The summed E-state index contributed by atoms with van der Waals surface area (Å²) in [5.74, 6) is -1.54. The standard InChI is InChI=1S/C19H13ClN2O3.C6H15N/c20-13-6-3-5-12-16(19(24)25)18(23)15(22-17(12)13)8-10-9-21-14-7-2-1-4-11(10)14;1-4-7(5-2)6-3/h1-7,9,21,23H,8H2,(H,24,25);4-6H2,1-3H3. The number of carboxylic acids is 1. The van der Waals surface area contributed by atoms with Crippen LogP contribution in [-0.4, -0.2) is 50.7 Å². The number of carbonyl (C=O) groups is 1. The largest absolute Gasteiger partial charge is 0.505 e. The smallest absolute Gasteiger partial charge is 0.340 e. The first kappa shape index (κ1) is 23.6. The van der Waals surface area contributed by atoms with Gasteiger partial charge >= 0.3 is 5.97 Å². The maximum Gasteiger partial charge on any atom is 0.340 e. The van der Waals surface area contributed by atoms with E-state index in [0.717, 1.165) is 16.5 Å². The molecule has 32 heavy (non-hydrogen) atoms. The average molecular weight is 454 g/mol. The molecule has 2 aromatic heterocycles. The molecule has 0 bridgehead atoms. The van der Waals surface area contributed by atoms with Crippen molar-refractivity contribution in [2.45, 2.75) is 27.2 Å². The second-order valence-corrected chi connectivity index (χ2v) is 7.79. The molecule has 4 rings (SSSR count). The lowest BCUT2D eigenvalue weighted by atomic mass is 10.0. The molecule has 3 N–H and O–H groups in total. The van der Waals surface area contributed by atoms with Crippen LogP contribution < -0.4 is 0 Å². The molecule has 0 aliphatic carbocycles. The fraction of sp³-hybridized carbons (Fsp3) is 0.280. The number of hydrogen-bond donors (Lipinski definition) is 3. The first-order chi connectivity index (χ1) is 15.4. The van der Waals surface area contributed by atoms with Crippen LogP contribution in [0.15, 0.2) is 48.7 Å². The molecule has 0 spiro atoms. The summed E-state index contributed by atoms with van der Waals surface area (Å²) in [6.07, 6.45) is 2.13. The van der Waals surface area contributed by atoms with Gasteiger partial charge in [0.15, 0.2) is 5.75 Å². The number of pyridine rings is 1. The number of nitrogens with zero attached hydrogens (tertiary/aromatic N) is 2. The monoisotopic (exact) mass is 453 g/mol. The molecule has 0 atom stereocenters. The normalized spacial score (nSPS) is 11.0. The van der Waals surface area contributed by atoms with Gasteiger partial charge < -0.3 is 20.1 Å². The molecule has 0 radical (unpaired) electrons. The van der Waals surface area contributed by atoms with E-state index in [0.29, 0.717) is 15.9 Å². The predicted molar refractivity (Wildman–Crippen MR) is 130 cm³/mol. The fourth-order valence-corrected chi connectivity index (χ4v) is 3.98. The number of H-pyrrole nitrogens is 1. The first-order valence-electron chi connectivity index (χ1n) is 10.7. The van der Waals surface area contributed by atoms with Crippen LogP contribution in [-0.2, 0) is 6.42 Å². The van der Waals surface area contributed by atoms with E-state index in [4.69, 9.17) is 11.6 Å². The van der Waals surface area contributed by atoms with Gasteiger partial charge in [-0.1, -0.05) is 62.7 Å². The molecule has 0 aliphatic rings. The van der Waals surface area contributed by atoms with Crippen LogP contribution in [0.4, 0.5) is 0 Å². The summed E-state index contributed by atoms with van der Waals surface area (Å²) in [7, 11) is 0. The van der Waals surface area contributed by atoms with Crippen molar-refractivity contribution in [3.8, 4) is 5.75 Å². The van der Waals surface area contributed by atoms with Crippen molar-refractivity contribution in [1.29, 1.82) is 0 Å². The lowest BCUT2D eigenvalue weighted by Crippen LogP contribution is -2.21. The van der Waals surface area contributed by atoms with E-state index in [-0.39, 0.29) is 23.4 Å². The maximum absolute atomic E-state index is 11.7. The van der Waals surface area contributed by atoms with E-state index in [1.807, 2.05) is 30.5 Å². The Labute approximate surface area is 192 Å². The Balaban J connectivity index is 0.000000360. The number of benzene rings is 2. The lowest BCUT2D eigenvalue weighted by molar-refractivity contribution is 0.0695. The Morgan fingerprint density at radius 2 is 1.69 bits per heavy atom. The maximum atomic E-state index is 11.7. The van der Waals surface area contributed by atoms with Crippen LogP contribution in [0.25, 0.3) is 21.8 Å². The third kappa shape index (κ3) is 4.87. The highest BCUT2D eigenvalue weighted by atomic mass is 35.5. The van der Waals surface area contributed by atoms with E-state index in [9.17, 15) is 15.0 Å². The molecular weight excluding hydrogens is 426 g/mol. The summed E-state index contributed by atoms with van der Waals surface area (Å²) in [4.78, 5) is 21.7. The molecule has 0 unspecified atom stereocenters. The minimum Gasteiger partial charge on any atom is -0.505 e. The van der Waals surface area contributed by atoms with Crippen LogP contribution in [0.5, 0.6) is 5.75 Å². The van der Waals surface area contributed by atoms with Crippen molar-refractivity contribution in [2.24, 2.45) is 0 Å². The van der Waals surface area contributed by atoms with Crippen LogP contribution in [0.3, 0.4) is 0 Å². The predicted octanol–water partition coefficient (Wildman–Crippen LogP) is 5.71. The molecule has 0 aliphatic heterocycles. The van der Waals surface area contributed by atoms with E-state index in [1.54, 1.807) is 18.2 Å². The molecule has 0 saturated carbocycles. The quantitative estimate of drug-likeness (QED) is 0.348. The summed E-state index contributed by atoms with van der Waals surface area (Å²) in [6, 6.07) is 12.6. The van der Waals surface area contributed by atoms with Gasteiger partial charge in [0.1, 0.15) is 5.56 Å². The number of fused-ring (bicyclic) bond motifs is 2. The number of aromatic amines is 1. The fourth-order valence-electron chi connectivity index (χ4n) is 3.76. The first-order valence-corrected chi connectivity index (χ1v) is 11.1. The Kier molecular flexibility index (Phi) is 7.72. The minimum atomic E-state index is -1.22. The van der Waals surface area contributed by atoms with E-state index < -0.39 is 5.97 Å². The number of aromatic nitrogens is 2. The van der Waals surface area contributed by atoms with Gasteiger partial charge in [-0.2, -0.15) is 0 Å². The Morgan fingerprint density at radius 3 is 2.31 bits per heavy atom. The number of aromatic carboxylic acids is 1. The Bertz CT molecular complexity index is 1230. The molecule has 7 heteroatoms. The number of aromatic hydroxyl groups is 1. The summed E-state index contributed by atoms with van der Waals surface area (Å²) in [5, 5.41) is 21.7. The third-order valence-electron chi connectivity index (χ3n) is 5.60. The van der Waals surface area contributed by atoms with Gasteiger partial charge in [-0.25, -0.2) is 9.78 Å². The summed E-state index contributed by atoms with van der Waals surface area (Å²) >= 11 is 6.19. The zero-order valence-electron chi connectivity index (χ0n) is 18.5. The van der Waals surface area contributed by atoms with Crippen molar-refractivity contribution in [3.63, 3.8) is 0 Å². The van der Waals surface area contributed by atoms with E-state index in [2.05, 4.69) is 35.6 Å². The zero-order chi connectivity index (χ0) is 23.3. The molecule has 168 valence electrons. The van der Waals surface area contributed by atoms with Crippen LogP contribution >= 0.6 is 11.6 Å². The van der Waals surface area contributed by atoms with Crippen molar-refractivity contribution in [3.05, 3.63) is 70.5 Å². The van der Waals surface area contributed by atoms with E-state index >= 15 is 0 Å². The highest BCUT2D eigenvalue weighted by molar-refractivity contribution is 6.35. The molecule has 0 fully saturated rings. The SMILES string of the molecule is CCN(CC)CC.O=C(O)c1c(O)c(Cc2c[nH]c3ccccc23)nc2c(Cl)cccc12. The van der Waals surface area contributed by atoms with Gasteiger partial charge in [0, 0.05) is 28.9 Å². The molecule has 0 saturated heterocycles. The van der Waals surface area contributed by atoms with E-state index in [1.165, 1.54) is 19.6 Å². The highest BCUT2D eigenvalue weighted by Crippen LogP contribution is 2.34. The molecule has 2 heterocycles. The average Bonchev–Trinajstić information content (AvgIpc) is 3.19. The summed E-state index contributed by atoms with van der Waals surface area (Å²) in [6.45, 7) is 10.1. The summed E-state index contributed by atoms with van der Waals surface area (Å²) < 4.78 is 0. The van der Waals surface area contributed by atoms with Crippen LogP contribution in [0.1, 0.15) is 42.4 Å². The Morgan fingerprint density at radius 1 is 1.03 bits per heavy atom. The van der Waals surface area contributed by atoms with Crippen LogP contribution in [0, 0.1) is 0 Å². The number of rotatable bonds is 6. The van der Waals surface area contributed by atoms with Gasteiger partial charge in [0.25, 0.3) is 0 Å². The topological polar surface area (TPSA) is 89.5 Å². The molecule has 0 amide bonds. The second kappa shape index (κ2) is 10.5. The third-order valence-corrected chi connectivity index (χ3v) is 5.91. The molecular formula is C25H28ClN3O3. The molecule has 2 aromatic carbocycles. The zero-order valence-corrected chi connectivity index (χ0v) is 19.3. The van der Waals surface area contributed by atoms with Gasteiger partial charge in [0.05, 0.1) is 16.2 Å². The highest BCUT2D eigenvalue weighted by Gasteiger charge is 2.21. The van der Waals surface area contributed by atoms with Crippen molar-refractivity contribution < 1.29 is 15.0 Å². The van der Waals surface area contributed by atoms with Gasteiger partial charge in [-0.05, 0) is 37.3 Å². The lowest BCUT2D eigenvalue weighted by Gasteiger charge is -2.13. The van der Waals surface area contributed by atoms with Gasteiger partial charge in [-0.3, -0.25) is 0 Å². The Hall–Kier alpha value is -3.09. The number of hydrogen-bond acceptors (Lipinski definition) is 4. The number of carboxylic acid groups (broad SMARTS) is 1. The summed E-state index contributed by atoms with van der Waals surface area (Å²) in [5.41, 5.74) is 2.36. The number of para-hydroxylation sites is 2. The van der Waals surface area contributed by atoms with Gasteiger partial charge in [0.2, 0.25) is 0 Å². The number of nitrogens with one attached hydrogen (secondary N) is 1.